The zero-order valence-electron chi connectivity index (χ0n) is 14.4. The van der Waals surface area contributed by atoms with Crippen molar-refractivity contribution in [1.82, 2.24) is 20.3 Å². The summed E-state index contributed by atoms with van der Waals surface area (Å²) in [5.74, 6) is 0.671. The zero-order valence-corrected chi connectivity index (χ0v) is 14.4. The average Bonchev–Trinajstić information content (AvgIpc) is 3.36. The summed E-state index contributed by atoms with van der Waals surface area (Å²) in [5, 5.41) is 22.1. The first-order valence-electron chi connectivity index (χ1n) is 8.49. The van der Waals surface area contributed by atoms with Gasteiger partial charge < -0.3 is 20.6 Å². The number of oxime groups is 1. The monoisotopic (exact) mass is 366 g/mol. The molecule has 0 radical (unpaired) electrons. The van der Waals surface area contributed by atoms with Crippen LogP contribution in [-0.4, -0.2) is 56.5 Å². The summed E-state index contributed by atoms with van der Waals surface area (Å²) in [6.07, 6.45) is 0.666. The number of rotatable bonds is 4. The second-order valence-electron chi connectivity index (χ2n) is 6.33. The lowest BCUT2D eigenvalue weighted by Gasteiger charge is -2.17. The molecule has 0 unspecified atom stereocenters. The lowest BCUT2D eigenvalue weighted by Crippen LogP contribution is -2.30. The molecule has 1 saturated heterocycles. The van der Waals surface area contributed by atoms with E-state index >= 15 is 0 Å². The SMILES string of the molecule is NC(=NO)c1ccc(O[C@H]2CCN(C(=O)c3ccc4[nH]nnc4c3)C2)cc1. The molecule has 4 rings (SSSR count). The molecule has 1 atom stereocenters. The first-order valence-corrected chi connectivity index (χ1v) is 8.49. The minimum absolute atomic E-state index is 0.0447. The molecule has 0 spiro atoms. The number of carbonyl (C=O) groups is 1. The second-order valence-corrected chi connectivity index (χ2v) is 6.33. The van der Waals surface area contributed by atoms with Crippen LogP contribution in [-0.2, 0) is 0 Å². The van der Waals surface area contributed by atoms with Crippen LogP contribution in [0.4, 0.5) is 0 Å². The molecule has 138 valence electrons. The van der Waals surface area contributed by atoms with Crippen molar-refractivity contribution in [2.75, 3.05) is 13.1 Å². The molecular formula is C18H18N6O3. The van der Waals surface area contributed by atoms with E-state index < -0.39 is 0 Å². The molecule has 0 bridgehead atoms. The minimum atomic E-state index is -0.0839. The highest BCUT2D eigenvalue weighted by Crippen LogP contribution is 2.21. The van der Waals surface area contributed by atoms with Gasteiger partial charge in [0.25, 0.3) is 5.91 Å². The van der Waals surface area contributed by atoms with Gasteiger partial charge in [-0.15, -0.1) is 5.10 Å². The Hall–Kier alpha value is -3.62. The Morgan fingerprint density at radius 1 is 1.26 bits per heavy atom. The van der Waals surface area contributed by atoms with E-state index in [9.17, 15) is 4.79 Å². The summed E-state index contributed by atoms with van der Waals surface area (Å²) in [6.45, 7) is 1.14. The summed E-state index contributed by atoms with van der Waals surface area (Å²) >= 11 is 0. The van der Waals surface area contributed by atoms with Crippen LogP contribution in [0.25, 0.3) is 11.0 Å². The number of aromatic nitrogens is 3. The fraction of sp³-hybridized carbons (Fsp3) is 0.222. The van der Waals surface area contributed by atoms with Crippen LogP contribution < -0.4 is 10.5 Å². The lowest BCUT2D eigenvalue weighted by atomic mass is 10.2. The molecule has 3 aromatic rings. The molecule has 1 aromatic heterocycles. The Bertz CT molecular complexity index is 998. The first-order chi connectivity index (χ1) is 13.1. The quantitative estimate of drug-likeness (QED) is 0.277. The van der Waals surface area contributed by atoms with Gasteiger partial charge in [-0.05, 0) is 42.5 Å². The molecule has 1 aliphatic rings. The maximum atomic E-state index is 12.7. The standard InChI is InChI=1S/C18H18N6O3/c19-17(22-26)11-1-4-13(5-2-11)27-14-7-8-24(10-14)18(25)12-3-6-15-16(9-12)21-23-20-15/h1-6,9,14,26H,7-8,10H2,(H2,19,22)(H,20,21,23)/t14-/m0/s1. The van der Waals surface area contributed by atoms with Crippen LogP contribution in [0.2, 0.25) is 0 Å². The molecule has 9 heteroatoms. The molecule has 0 saturated carbocycles. The lowest BCUT2D eigenvalue weighted by molar-refractivity contribution is 0.0772. The molecule has 2 aromatic carbocycles. The van der Waals surface area contributed by atoms with Gasteiger partial charge in [0.05, 0.1) is 12.1 Å². The van der Waals surface area contributed by atoms with Gasteiger partial charge in [0.2, 0.25) is 0 Å². The molecule has 1 aliphatic heterocycles. The van der Waals surface area contributed by atoms with E-state index in [4.69, 9.17) is 15.7 Å². The Morgan fingerprint density at radius 3 is 2.81 bits per heavy atom. The molecule has 1 fully saturated rings. The number of H-pyrrole nitrogens is 1. The predicted octanol–water partition coefficient (Wildman–Crippen LogP) is 1.35. The summed E-state index contributed by atoms with van der Waals surface area (Å²) in [6, 6.07) is 12.3. The number of nitrogens with two attached hydrogens (primary N) is 1. The third kappa shape index (κ3) is 3.39. The van der Waals surface area contributed by atoms with Crippen molar-refractivity contribution >= 4 is 22.8 Å². The van der Waals surface area contributed by atoms with Gasteiger partial charge in [0.15, 0.2) is 5.84 Å². The fourth-order valence-corrected chi connectivity index (χ4v) is 3.12. The highest BCUT2D eigenvalue weighted by molar-refractivity contribution is 5.97. The van der Waals surface area contributed by atoms with Crippen LogP contribution in [0, 0.1) is 0 Å². The van der Waals surface area contributed by atoms with Gasteiger partial charge in [-0.25, -0.2) is 0 Å². The summed E-state index contributed by atoms with van der Waals surface area (Å²) in [7, 11) is 0. The number of hydrogen-bond donors (Lipinski definition) is 3. The zero-order chi connectivity index (χ0) is 18.8. The third-order valence-electron chi connectivity index (χ3n) is 4.57. The summed E-state index contributed by atoms with van der Waals surface area (Å²) in [5.41, 5.74) is 8.20. The summed E-state index contributed by atoms with van der Waals surface area (Å²) < 4.78 is 5.95. The Balaban J connectivity index is 1.40. The number of nitrogens with zero attached hydrogens (tertiary/aromatic N) is 4. The molecule has 27 heavy (non-hydrogen) atoms. The number of ether oxygens (including phenoxy) is 1. The van der Waals surface area contributed by atoms with Crippen molar-refractivity contribution < 1.29 is 14.7 Å². The molecule has 9 nitrogen and oxygen atoms in total. The van der Waals surface area contributed by atoms with Crippen molar-refractivity contribution in [3.63, 3.8) is 0 Å². The van der Waals surface area contributed by atoms with Crippen molar-refractivity contribution in [3.8, 4) is 5.75 Å². The van der Waals surface area contributed by atoms with Gasteiger partial charge in [0.1, 0.15) is 17.4 Å². The Morgan fingerprint density at radius 2 is 2.04 bits per heavy atom. The van der Waals surface area contributed by atoms with E-state index in [0.717, 1.165) is 11.9 Å². The smallest absolute Gasteiger partial charge is 0.254 e. The van der Waals surface area contributed by atoms with Crippen molar-refractivity contribution in [2.45, 2.75) is 12.5 Å². The molecule has 4 N–H and O–H groups in total. The van der Waals surface area contributed by atoms with Crippen molar-refractivity contribution in [3.05, 3.63) is 53.6 Å². The molecule has 0 aliphatic carbocycles. The van der Waals surface area contributed by atoms with Crippen LogP contribution in [0.3, 0.4) is 0 Å². The van der Waals surface area contributed by atoms with Crippen molar-refractivity contribution in [1.29, 1.82) is 0 Å². The number of amidine groups is 1. The minimum Gasteiger partial charge on any atom is -0.489 e. The maximum Gasteiger partial charge on any atom is 0.254 e. The number of carbonyl (C=O) groups excluding carboxylic acids is 1. The van der Waals surface area contributed by atoms with Crippen LogP contribution in [0.15, 0.2) is 47.6 Å². The van der Waals surface area contributed by atoms with Crippen LogP contribution >= 0.6 is 0 Å². The van der Waals surface area contributed by atoms with Gasteiger partial charge in [0, 0.05) is 24.1 Å². The molecule has 2 heterocycles. The van der Waals surface area contributed by atoms with Gasteiger partial charge in [-0.2, -0.15) is 0 Å². The van der Waals surface area contributed by atoms with E-state index in [2.05, 4.69) is 20.6 Å². The second kappa shape index (κ2) is 6.94. The van der Waals surface area contributed by atoms with E-state index in [-0.39, 0.29) is 17.8 Å². The number of likely N-dealkylation sites (tertiary alicyclic amines) is 1. The van der Waals surface area contributed by atoms with Crippen LogP contribution in [0.1, 0.15) is 22.3 Å². The first kappa shape index (κ1) is 16.8. The highest BCUT2D eigenvalue weighted by Gasteiger charge is 2.28. The number of hydrogen-bond acceptors (Lipinski definition) is 6. The van der Waals surface area contributed by atoms with E-state index in [1.807, 2.05) is 0 Å². The third-order valence-corrected chi connectivity index (χ3v) is 4.57. The maximum absolute atomic E-state index is 12.7. The van der Waals surface area contributed by atoms with E-state index in [1.165, 1.54) is 0 Å². The normalized spacial score (nSPS) is 17.4. The number of benzene rings is 2. The molecular weight excluding hydrogens is 348 g/mol. The van der Waals surface area contributed by atoms with Gasteiger partial charge >= 0.3 is 0 Å². The topological polar surface area (TPSA) is 130 Å². The number of nitrogens with one attached hydrogen (secondary N) is 1. The predicted molar refractivity (Wildman–Crippen MR) is 97.8 cm³/mol. The Kier molecular flexibility index (Phi) is 4.33. The Labute approximate surface area is 154 Å². The average molecular weight is 366 g/mol. The van der Waals surface area contributed by atoms with Gasteiger partial charge in [-0.1, -0.05) is 10.4 Å². The van der Waals surface area contributed by atoms with E-state index in [0.29, 0.717) is 35.5 Å². The molecule has 1 amide bonds. The number of aromatic amines is 1. The van der Waals surface area contributed by atoms with Crippen LogP contribution in [0.5, 0.6) is 5.75 Å². The van der Waals surface area contributed by atoms with E-state index in [1.54, 1.807) is 47.4 Å². The number of amides is 1. The highest BCUT2D eigenvalue weighted by atomic mass is 16.5. The number of fused-ring (bicyclic) bond motifs is 1. The van der Waals surface area contributed by atoms with Gasteiger partial charge in [-0.3, -0.25) is 9.89 Å². The summed E-state index contributed by atoms with van der Waals surface area (Å²) in [4.78, 5) is 14.5. The largest absolute Gasteiger partial charge is 0.489 e. The van der Waals surface area contributed by atoms with Crippen molar-refractivity contribution in [2.24, 2.45) is 10.9 Å². The fourth-order valence-electron chi connectivity index (χ4n) is 3.12.